The zero-order valence-electron chi connectivity index (χ0n) is 11.9. The second kappa shape index (κ2) is 6.32. The van der Waals surface area contributed by atoms with Gasteiger partial charge < -0.3 is 10.2 Å². The van der Waals surface area contributed by atoms with E-state index in [1.54, 1.807) is 0 Å². The molecule has 0 saturated carbocycles. The molecule has 2 unspecified atom stereocenters. The van der Waals surface area contributed by atoms with Gasteiger partial charge in [0.25, 0.3) is 5.91 Å². The highest BCUT2D eigenvalue weighted by Crippen LogP contribution is 2.27. The summed E-state index contributed by atoms with van der Waals surface area (Å²) in [6, 6.07) is 4.69. The van der Waals surface area contributed by atoms with E-state index in [9.17, 15) is 9.18 Å². The highest BCUT2D eigenvalue weighted by atomic mass is 35.5. The number of carbonyl (C=O) groups is 1. The van der Waals surface area contributed by atoms with Gasteiger partial charge in [0.2, 0.25) is 0 Å². The first-order chi connectivity index (χ1) is 10.2. The van der Waals surface area contributed by atoms with E-state index in [4.69, 9.17) is 11.6 Å². The lowest BCUT2D eigenvalue weighted by Gasteiger charge is -2.39. The van der Waals surface area contributed by atoms with Crippen molar-refractivity contribution >= 4 is 17.5 Å². The molecular weight excluding hydrogens is 291 g/mol. The SMILES string of the molecule is O=C(c1cc(Cl)ccc1F)N1CCCCC1C1CCCN1. The summed E-state index contributed by atoms with van der Waals surface area (Å²) in [6.45, 7) is 1.71. The van der Waals surface area contributed by atoms with Crippen LogP contribution in [0.3, 0.4) is 0 Å². The van der Waals surface area contributed by atoms with Gasteiger partial charge in [-0.15, -0.1) is 0 Å². The summed E-state index contributed by atoms with van der Waals surface area (Å²) >= 11 is 5.91. The molecule has 2 atom stereocenters. The fourth-order valence-electron chi connectivity index (χ4n) is 3.48. The van der Waals surface area contributed by atoms with Crippen LogP contribution in [0.5, 0.6) is 0 Å². The van der Waals surface area contributed by atoms with E-state index >= 15 is 0 Å². The van der Waals surface area contributed by atoms with Crippen LogP contribution in [0.2, 0.25) is 5.02 Å². The molecule has 3 rings (SSSR count). The first-order valence-corrected chi connectivity index (χ1v) is 8.04. The van der Waals surface area contributed by atoms with E-state index in [1.807, 2.05) is 4.90 Å². The molecule has 2 aliphatic heterocycles. The minimum absolute atomic E-state index is 0.0902. The molecule has 114 valence electrons. The largest absolute Gasteiger partial charge is 0.334 e. The predicted molar refractivity (Wildman–Crippen MR) is 81.1 cm³/mol. The topological polar surface area (TPSA) is 32.3 Å². The number of rotatable bonds is 2. The van der Waals surface area contributed by atoms with Crippen molar-refractivity contribution in [2.45, 2.75) is 44.2 Å². The predicted octanol–water partition coefficient (Wildman–Crippen LogP) is 3.23. The second-order valence-electron chi connectivity index (χ2n) is 5.89. The van der Waals surface area contributed by atoms with Crippen molar-refractivity contribution in [1.82, 2.24) is 10.2 Å². The van der Waals surface area contributed by atoms with Gasteiger partial charge >= 0.3 is 0 Å². The smallest absolute Gasteiger partial charge is 0.257 e. The summed E-state index contributed by atoms with van der Waals surface area (Å²) in [5.74, 6) is -0.721. The molecule has 2 heterocycles. The van der Waals surface area contributed by atoms with Gasteiger partial charge in [-0.1, -0.05) is 11.6 Å². The summed E-state index contributed by atoms with van der Waals surface area (Å²) in [7, 11) is 0. The highest BCUT2D eigenvalue weighted by Gasteiger charge is 2.35. The van der Waals surface area contributed by atoms with E-state index in [1.165, 1.54) is 18.2 Å². The third-order valence-corrected chi connectivity index (χ3v) is 4.77. The van der Waals surface area contributed by atoms with E-state index in [0.29, 0.717) is 17.6 Å². The fraction of sp³-hybridized carbons (Fsp3) is 0.562. The zero-order valence-corrected chi connectivity index (χ0v) is 12.7. The fourth-order valence-corrected chi connectivity index (χ4v) is 3.66. The molecule has 1 aromatic rings. The van der Waals surface area contributed by atoms with Crippen LogP contribution in [0.25, 0.3) is 0 Å². The lowest BCUT2D eigenvalue weighted by atomic mass is 9.93. The number of benzene rings is 1. The number of piperidine rings is 1. The number of hydrogen-bond donors (Lipinski definition) is 1. The van der Waals surface area contributed by atoms with Crippen LogP contribution in [0, 0.1) is 5.82 Å². The van der Waals surface area contributed by atoms with Gasteiger partial charge in [0, 0.05) is 23.7 Å². The van der Waals surface area contributed by atoms with E-state index < -0.39 is 5.82 Å². The quantitative estimate of drug-likeness (QED) is 0.909. The van der Waals surface area contributed by atoms with Crippen molar-refractivity contribution in [2.75, 3.05) is 13.1 Å². The first-order valence-electron chi connectivity index (χ1n) is 7.66. The average Bonchev–Trinajstić information content (AvgIpc) is 3.03. The number of carbonyl (C=O) groups excluding carboxylic acids is 1. The average molecular weight is 311 g/mol. The number of likely N-dealkylation sites (tertiary alicyclic amines) is 1. The Labute approximate surface area is 129 Å². The molecule has 2 saturated heterocycles. The van der Waals surface area contributed by atoms with Crippen LogP contribution in [0.15, 0.2) is 18.2 Å². The third-order valence-electron chi connectivity index (χ3n) is 4.53. The summed E-state index contributed by atoms with van der Waals surface area (Å²) in [5, 5.41) is 3.87. The monoisotopic (exact) mass is 310 g/mol. The molecule has 3 nitrogen and oxygen atoms in total. The van der Waals surface area contributed by atoms with Crippen molar-refractivity contribution in [1.29, 1.82) is 0 Å². The maximum Gasteiger partial charge on any atom is 0.257 e. The maximum absolute atomic E-state index is 14.0. The normalized spacial score (nSPS) is 26.1. The Morgan fingerprint density at radius 2 is 2.14 bits per heavy atom. The number of amides is 1. The Hall–Kier alpha value is -1.13. The van der Waals surface area contributed by atoms with Gasteiger partial charge in [-0.05, 0) is 56.8 Å². The van der Waals surface area contributed by atoms with E-state index in [-0.39, 0.29) is 17.5 Å². The number of nitrogens with one attached hydrogen (secondary N) is 1. The van der Waals surface area contributed by atoms with Gasteiger partial charge in [0.05, 0.1) is 5.56 Å². The minimum atomic E-state index is -0.492. The van der Waals surface area contributed by atoms with Gasteiger partial charge in [-0.2, -0.15) is 0 Å². The molecule has 21 heavy (non-hydrogen) atoms. The van der Waals surface area contributed by atoms with Gasteiger partial charge in [-0.25, -0.2) is 4.39 Å². The maximum atomic E-state index is 14.0. The first kappa shape index (κ1) is 14.8. The molecule has 0 bridgehead atoms. The zero-order chi connectivity index (χ0) is 14.8. The van der Waals surface area contributed by atoms with Crippen LogP contribution in [-0.2, 0) is 0 Å². The molecule has 0 spiro atoms. The lowest BCUT2D eigenvalue weighted by Crippen LogP contribution is -2.52. The Balaban J connectivity index is 1.85. The Morgan fingerprint density at radius 1 is 1.29 bits per heavy atom. The molecule has 0 radical (unpaired) electrons. The Kier molecular flexibility index (Phi) is 4.45. The summed E-state index contributed by atoms with van der Waals surface area (Å²) in [5.41, 5.74) is 0.0902. The molecule has 2 aliphatic rings. The lowest BCUT2D eigenvalue weighted by molar-refractivity contribution is 0.0559. The molecular formula is C16H20ClFN2O. The number of hydrogen-bond acceptors (Lipinski definition) is 2. The van der Waals surface area contributed by atoms with E-state index in [0.717, 1.165) is 38.6 Å². The summed E-state index contributed by atoms with van der Waals surface area (Å²) in [6.07, 6.45) is 5.34. The van der Waals surface area contributed by atoms with Crippen molar-refractivity contribution in [3.05, 3.63) is 34.6 Å². The second-order valence-corrected chi connectivity index (χ2v) is 6.33. The standard InChI is InChI=1S/C16H20ClFN2O/c17-11-6-7-13(18)12(10-11)16(21)20-9-2-1-5-15(20)14-4-3-8-19-14/h6-7,10,14-15,19H,1-5,8-9H2. The van der Waals surface area contributed by atoms with Crippen molar-refractivity contribution < 1.29 is 9.18 Å². The molecule has 0 aromatic heterocycles. The third kappa shape index (κ3) is 3.06. The summed E-state index contributed by atoms with van der Waals surface area (Å²) < 4.78 is 14.0. The molecule has 1 aromatic carbocycles. The molecule has 0 aliphatic carbocycles. The van der Waals surface area contributed by atoms with Crippen LogP contribution in [0.1, 0.15) is 42.5 Å². The molecule has 2 fully saturated rings. The van der Waals surface area contributed by atoms with Crippen molar-refractivity contribution in [3.8, 4) is 0 Å². The number of nitrogens with zero attached hydrogens (tertiary/aromatic N) is 1. The Bertz CT molecular complexity index is 531. The Morgan fingerprint density at radius 3 is 2.90 bits per heavy atom. The minimum Gasteiger partial charge on any atom is -0.334 e. The van der Waals surface area contributed by atoms with Crippen molar-refractivity contribution in [3.63, 3.8) is 0 Å². The van der Waals surface area contributed by atoms with Crippen LogP contribution in [-0.4, -0.2) is 36.0 Å². The molecule has 1 N–H and O–H groups in total. The van der Waals surface area contributed by atoms with Crippen LogP contribution in [0.4, 0.5) is 4.39 Å². The van der Waals surface area contributed by atoms with Crippen LogP contribution < -0.4 is 5.32 Å². The van der Waals surface area contributed by atoms with E-state index in [2.05, 4.69) is 5.32 Å². The highest BCUT2D eigenvalue weighted by molar-refractivity contribution is 6.31. The van der Waals surface area contributed by atoms with Gasteiger partial charge in [-0.3, -0.25) is 4.79 Å². The van der Waals surface area contributed by atoms with Gasteiger partial charge in [0.1, 0.15) is 5.82 Å². The molecule has 1 amide bonds. The van der Waals surface area contributed by atoms with Gasteiger partial charge in [0.15, 0.2) is 0 Å². The molecule has 5 heteroatoms. The van der Waals surface area contributed by atoms with Crippen LogP contribution >= 0.6 is 11.6 Å². The summed E-state index contributed by atoms with van der Waals surface area (Å²) in [4.78, 5) is 14.6. The van der Waals surface area contributed by atoms with Crippen molar-refractivity contribution in [2.24, 2.45) is 0 Å². The number of halogens is 2.